The Kier molecular flexibility index (Phi) is 46.2. The Morgan fingerprint density at radius 1 is 0.462 bits per heavy atom. The van der Waals surface area contributed by atoms with Gasteiger partial charge in [-0.25, -0.2) is 0 Å². The van der Waals surface area contributed by atoms with Crippen molar-refractivity contribution in [1.29, 1.82) is 0 Å². The first-order chi connectivity index (χ1) is 31.6. The Balaban J connectivity index is 4.21. The highest BCUT2D eigenvalue weighted by Gasteiger charge is 2.25. The summed E-state index contributed by atoms with van der Waals surface area (Å²) in [5, 5.41) is 11.7. The number of carboxylic acids is 1. The van der Waals surface area contributed by atoms with Crippen LogP contribution >= 0.6 is 0 Å². The zero-order valence-corrected chi connectivity index (χ0v) is 43.4. The van der Waals surface area contributed by atoms with Crippen molar-refractivity contribution in [3.05, 3.63) is 36.5 Å². The van der Waals surface area contributed by atoms with Crippen LogP contribution in [0.4, 0.5) is 0 Å². The van der Waals surface area contributed by atoms with Crippen molar-refractivity contribution in [1.82, 2.24) is 0 Å². The van der Waals surface area contributed by atoms with Crippen LogP contribution < -0.4 is 5.11 Å². The lowest BCUT2D eigenvalue weighted by Crippen LogP contribution is -2.55. The van der Waals surface area contributed by atoms with E-state index in [-0.39, 0.29) is 42.7 Å². The normalized spacial score (nSPS) is 13.1. The maximum atomic E-state index is 12.8. The number of hydrogen-bond acceptors (Lipinski definition) is 7. The summed E-state index contributed by atoms with van der Waals surface area (Å²) in [4.78, 5) is 37.1. The Hall–Kier alpha value is -2.45. The highest BCUT2D eigenvalue weighted by atomic mass is 16.6. The van der Waals surface area contributed by atoms with E-state index in [0.717, 1.165) is 57.8 Å². The van der Waals surface area contributed by atoms with E-state index in [1.807, 2.05) is 0 Å². The molecule has 0 N–H and O–H groups in total. The Morgan fingerprint density at radius 2 is 0.815 bits per heavy atom. The van der Waals surface area contributed by atoms with Gasteiger partial charge in [0.15, 0.2) is 6.10 Å². The molecule has 0 heterocycles. The number of carbonyl (C=O) groups excluding carboxylic acids is 3. The lowest BCUT2D eigenvalue weighted by Gasteiger charge is -2.34. The van der Waals surface area contributed by atoms with Crippen LogP contribution in [0, 0.1) is 0 Å². The molecule has 2 unspecified atom stereocenters. The van der Waals surface area contributed by atoms with E-state index < -0.39 is 18.1 Å². The van der Waals surface area contributed by atoms with Crippen molar-refractivity contribution in [2.24, 2.45) is 0 Å². The molecular weight excluding hydrogens is 811 g/mol. The minimum atomic E-state index is -1.13. The summed E-state index contributed by atoms with van der Waals surface area (Å²) in [5.74, 6) is -1.75. The van der Waals surface area contributed by atoms with Crippen LogP contribution in [0.1, 0.15) is 258 Å². The largest absolute Gasteiger partial charge is 0.544 e. The minimum absolute atomic E-state index is 0.0347. The number of carboxylic acid groups (broad SMARTS) is 1. The maximum absolute atomic E-state index is 12.8. The Labute approximate surface area is 402 Å². The number of unbranched alkanes of at least 4 members (excludes halogenated alkanes) is 31. The van der Waals surface area contributed by atoms with E-state index in [1.165, 1.54) is 167 Å². The van der Waals surface area contributed by atoms with Crippen LogP contribution in [0.25, 0.3) is 0 Å². The third kappa shape index (κ3) is 46.4. The molecule has 0 aliphatic rings. The number of allylic oxidation sites excluding steroid dienone is 6. The van der Waals surface area contributed by atoms with Crippen molar-refractivity contribution in [2.75, 3.05) is 41.0 Å². The zero-order valence-electron chi connectivity index (χ0n) is 43.4. The molecule has 0 rings (SSSR count). The van der Waals surface area contributed by atoms with Crippen LogP contribution in [0.3, 0.4) is 0 Å². The monoisotopic (exact) mass is 916 g/mol. The molecule has 8 nitrogen and oxygen atoms in total. The summed E-state index contributed by atoms with van der Waals surface area (Å²) in [6.07, 6.45) is 57.5. The van der Waals surface area contributed by atoms with Gasteiger partial charge in [-0.1, -0.05) is 211 Å². The first kappa shape index (κ1) is 62.5. The highest BCUT2D eigenvalue weighted by molar-refractivity contribution is 5.70. The van der Waals surface area contributed by atoms with Crippen molar-refractivity contribution < 1.29 is 38.2 Å². The Bertz CT molecular complexity index is 1160. The summed E-state index contributed by atoms with van der Waals surface area (Å²) >= 11 is 0. The molecule has 0 spiro atoms. The molecule has 0 aromatic rings. The first-order valence-electron chi connectivity index (χ1n) is 27.5. The second-order valence-electron chi connectivity index (χ2n) is 19.8. The summed E-state index contributed by atoms with van der Waals surface area (Å²) in [6.45, 7) is 4.67. The summed E-state index contributed by atoms with van der Waals surface area (Å²) in [7, 11) is 5.42. The van der Waals surface area contributed by atoms with Crippen molar-refractivity contribution in [2.45, 2.75) is 270 Å². The average molecular weight is 916 g/mol. The van der Waals surface area contributed by atoms with Gasteiger partial charge in [-0.2, -0.15) is 0 Å². The van der Waals surface area contributed by atoms with Gasteiger partial charge in [0.05, 0.1) is 40.3 Å². The molecule has 0 saturated heterocycles. The Morgan fingerprint density at radius 3 is 1.20 bits per heavy atom. The van der Waals surface area contributed by atoms with Crippen molar-refractivity contribution in [3.63, 3.8) is 0 Å². The fourth-order valence-electron chi connectivity index (χ4n) is 8.24. The number of likely N-dealkylation sites (N-methyl/N-ethyl adjacent to an activating group) is 1. The van der Waals surface area contributed by atoms with Gasteiger partial charge in [-0.15, -0.1) is 0 Å². The quantitative estimate of drug-likeness (QED) is 0.0197. The minimum Gasteiger partial charge on any atom is -0.544 e. The van der Waals surface area contributed by atoms with Crippen LogP contribution in [0.2, 0.25) is 0 Å². The molecule has 0 amide bonds. The molecule has 0 radical (unpaired) electrons. The summed E-state index contributed by atoms with van der Waals surface area (Å²) in [5.41, 5.74) is 0. The van der Waals surface area contributed by atoms with E-state index in [0.29, 0.717) is 12.8 Å². The number of ether oxygens (including phenoxy) is 3. The second-order valence-corrected chi connectivity index (χ2v) is 19.8. The van der Waals surface area contributed by atoms with E-state index in [4.69, 9.17) is 14.2 Å². The zero-order chi connectivity index (χ0) is 47.7. The number of aliphatic carboxylic acids is 1. The molecule has 0 aliphatic heterocycles. The smallest absolute Gasteiger partial charge is 0.306 e. The molecular formula is C57H105NO7. The predicted molar refractivity (Wildman–Crippen MR) is 273 cm³/mol. The number of rotatable bonds is 50. The van der Waals surface area contributed by atoms with Gasteiger partial charge in [-0.05, 0) is 64.2 Å². The number of hydrogen-bond donors (Lipinski definition) is 0. The third-order valence-corrected chi connectivity index (χ3v) is 12.5. The van der Waals surface area contributed by atoms with Crippen LogP contribution in [0.15, 0.2) is 36.5 Å². The number of carbonyl (C=O) groups is 3. The van der Waals surface area contributed by atoms with Gasteiger partial charge in [-0.3, -0.25) is 9.59 Å². The summed E-state index contributed by atoms with van der Waals surface area (Å²) in [6, 6.07) is -0.730. The molecule has 0 bridgehead atoms. The molecule has 0 aromatic heterocycles. The van der Waals surface area contributed by atoms with Crippen LogP contribution in [-0.4, -0.2) is 75.5 Å². The third-order valence-electron chi connectivity index (χ3n) is 12.5. The van der Waals surface area contributed by atoms with Gasteiger partial charge < -0.3 is 28.6 Å². The van der Waals surface area contributed by atoms with Gasteiger partial charge >= 0.3 is 11.9 Å². The van der Waals surface area contributed by atoms with Gasteiger partial charge in [0.1, 0.15) is 12.6 Å². The molecule has 0 saturated carbocycles. The number of esters is 2. The number of nitrogens with zero attached hydrogens (tertiary/aromatic N) is 1. The topological polar surface area (TPSA) is 102 Å². The van der Waals surface area contributed by atoms with Crippen molar-refractivity contribution in [3.8, 4) is 0 Å². The SMILES string of the molecule is CCCCCCCCC/C=C/C=C/CCCCCCCC(=O)OC(COCCC(C(=O)[O-])[N+](C)(C)C)COC(=O)CCCCCCCCC/C=C/CCCCCCCCCCCCCC. The maximum Gasteiger partial charge on any atom is 0.306 e. The van der Waals surface area contributed by atoms with E-state index in [2.05, 4.69) is 50.3 Å². The van der Waals surface area contributed by atoms with Gasteiger partial charge in [0.2, 0.25) is 0 Å². The van der Waals surface area contributed by atoms with Crippen LogP contribution in [-0.2, 0) is 28.6 Å². The van der Waals surface area contributed by atoms with Crippen molar-refractivity contribution >= 4 is 17.9 Å². The molecule has 0 aromatic carbocycles. The molecule has 65 heavy (non-hydrogen) atoms. The fraction of sp³-hybridized carbons (Fsp3) is 0.842. The fourth-order valence-corrected chi connectivity index (χ4v) is 8.24. The summed E-state index contributed by atoms with van der Waals surface area (Å²) < 4.78 is 17.3. The predicted octanol–water partition coefficient (Wildman–Crippen LogP) is 14.8. The van der Waals surface area contributed by atoms with E-state index in [9.17, 15) is 19.5 Å². The standard InChI is InChI=1S/C57H105NO7/c1-6-8-10-12-14-16-18-20-22-24-26-27-28-29-30-32-33-35-37-39-41-43-45-47-55(59)64-52-53(51-63-50-49-54(57(61)62)58(3,4)5)65-56(60)48-46-44-42-40-38-36-34-31-25-23-21-19-17-15-13-11-9-7-2/h23,25,29-31,34,53-54H,6-22,24,26-28,32-33,35-52H2,1-5H3/b25-23+,30-29+,34-31+. The highest BCUT2D eigenvalue weighted by Crippen LogP contribution is 2.16. The average Bonchev–Trinajstić information content (AvgIpc) is 3.27. The molecule has 0 aliphatic carbocycles. The first-order valence-corrected chi connectivity index (χ1v) is 27.5. The number of quaternary nitrogens is 1. The van der Waals surface area contributed by atoms with E-state index >= 15 is 0 Å². The van der Waals surface area contributed by atoms with Gasteiger partial charge in [0.25, 0.3) is 0 Å². The van der Waals surface area contributed by atoms with Crippen LogP contribution in [0.5, 0.6) is 0 Å². The van der Waals surface area contributed by atoms with E-state index in [1.54, 1.807) is 21.1 Å². The lowest BCUT2D eigenvalue weighted by atomic mass is 10.0. The molecule has 8 heteroatoms. The molecule has 0 fully saturated rings. The lowest BCUT2D eigenvalue weighted by molar-refractivity contribution is -0.889. The molecule has 380 valence electrons. The molecule has 2 atom stereocenters. The van der Waals surface area contributed by atoms with Gasteiger partial charge in [0, 0.05) is 19.3 Å². The second kappa shape index (κ2) is 48.0.